The van der Waals surface area contributed by atoms with E-state index in [1.807, 2.05) is 30.3 Å². The number of thioether (sulfide) groups is 1. The Bertz CT molecular complexity index is 935. The van der Waals surface area contributed by atoms with Gasteiger partial charge in [-0.1, -0.05) is 29.8 Å². The van der Waals surface area contributed by atoms with E-state index in [0.717, 1.165) is 5.69 Å². The van der Waals surface area contributed by atoms with Crippen LogP contribution in [0.1, 0.15) is 12.0 Å². The third-order valence-corrected chi connectivity index (χ3v) is 5.77. The molecule has 1 aliphatic heterocycles. The summed E-state index contributed by atoms with van der Waals surface area (Å²) in [7, 11) is 1.63. The van der Waals surface area contributed by atoms with Gasteiger partial charge in [0.15, 0.2) is 5.17 Å². The molecule has 8 heteroatoms. The van der Waals surface area contributed by atoms with E-state index in [-0.39, 0.29) is 11.7 Å². The number of aliphatic imine (C=N–C) groups is 1. The van der Waals surface area contributed by atoms with Crippen molar-refractivity contribution in [2.24, 2.45) is 4.99 Å². The van der Waals surface area contributed by atoms with Gasteiger partial charge in [-0.05, 0) is 64.5 Å². The second kappa shape index (κ2) is 9.60. The van der Waals surface area contributed by atoms with Crippen molar-refractivity contribution in [2.45, 2.75) is 6.42 Å². The summed E-state index contributed by atoms with van der Waals surface area (Å²) in [6.45, 7) is 1.04. The van der Waals surface area contributed by atoms with Gasteiger partial charge in [0.2, 0.25) is 0 Å². The maximum absolute atomic E-state index is 13.0. The number of phenols is 1. The van der Waals surface area contributed by atoms with Crippen LogP contribution in [0.5, 0.6) is 5.75 Å². The first-order valence-corrected chi connectivity index (χ1v) is 10.5. The van der Waals surface area contributed by atoms with Crippen LogP contribution in [0.3, 0.4) is 0 Å². The molecule has 1 aliphatic rings. The number of carbonyl (C=O) groups excluding carboxylic acids is 1. The van der Waals surface area contributed by atoms with Crippen molar-refractivity contribution in [1.82, 2.24) is 4.90 Å². The third-order valence-electron chi connectivity index (χ3n) is 3.94. The molecule has 1 saturated heterocycles. The lowest BCUT2D eigenvalue weighted by molar-refractivity contribution is -0.122. The van der Waals surface area contributed by atoms with Gasteiger partial charge in [0.05, 0.1) is 15.1 Å². The van der Waals surface area contributed by atoms with E-state index in [2.05, 4.69) is 20.9 Å². The van der Waals surface area contributed by atoms with E-state index < -0.39 is 0 Å². The molecule has 2 aromatic carbocycles. The van der Waals surface area contributed by atoms with Crippen LogP contribution in [-0.4, -0.2) is 41.3 Å². The molecule has 146 valence electrons. The SMILES string of the molecule is COCCCN1C(=O)/C(=C/c2cc(Cl)cc(Br)c2O)SC1=Nc1ccccc1. The number of ether oxygens (including phenoxy) is 1. The summed E-state index contributed by atoms with van der Waals surface area (Å²) < 4.78 is 5.57. The van der Waals surface area contributed by atoms with Gasteiger partial charge in [0.25, 0.3) is 5.91 Å². The highest BCUT2D eigenvalue weighted by Crippen LogP contribution is 2.38. The van der Waals surface area contributed by atoms with E-state index in [1.165, 1.54) is 11.8 Å². The number of benzene rings is 2. The van der Waals surface area contributed by atoms with Crippen LogP contribution in [0.4, 0.5) is 5.69 Å². The molecule has 0 aliphatic carbocycles. The smallest absolute Gasteiger partial charge is 0.266 e. The zero-order chi connectivity index (χ0) is 20.1. The van der Waals surface area contributed by atoms with Gasteiger partial charge in [-0.15, -0.1) is 0 Å². The minimum absolute atomic E-state index is 0.0321. The molecular weight excluding hydrogens is 464 g/mol. The number of methoxy groups -OCH3 is 1. The van der Waals surface area contributed by atoms with Crippen LogP contribution < -0.4 is 0 Å². The van der Waals surface area contributed by atoms with Gasteiger partial charge in [-0.3, -0.25) is 9.69 Å². The van der Waals surface area contributed by atoms with Crippen molar-refractivity contribution in [3.8, 4) is 5.75 Å². The lowest BCUT2D eigenvalue weighted by Gasteiger charge is -2.15. The summed E-state index contributed by atoms with van der Waals surface area (Å²) >= 11 is 10.6. The molecule has 0 unspecified atom stereocenters. The minimum atomic E-state index is -0.161. The molecule has 2 aromatic rings. The first kappa shape index (κ1) is 20.9. The topological polar surface area (TPSA) is 62.1 Å². The number of phenolic OH excluding ortho intramolecular Hbond substituents is 1. The Morgan fingerprint density at radius 2 is 2.07 bits per heavy atom. The van der Waals surface area contributed by atoms with Gasteiger partial charge >= 0.3 is 0 Å². The van der Waals surface area contributed by atoms with Gasteiger partial charge < -0.3 is 9.84 Å². The summed E-state index contributed by atoms with van der Waals surface area (Å²) in [5.74, 6) is -0.129. The fraction of sp³-hybridized carbons (Fsp3) is 0.200. The molecule has 1 amide bonds. The molecule has 0 spiro atoms. The van der Waals surface area contributed by atoms with E-state index in [4.69, 9.17) is 16.3 Å². The average Bonchev–Trinajstić information content (AvgIpc) is 2.95. The number of hydrogen-bond donors (Lipinski definition) is 1. The van der Waals surface area contributed by atoms with Gasteiger partial charge in [0.1, 0.15) is 5.75 Å². The predicted molar refractivity (Wildman–Crippen MR) is 118 cm³/mol. The second-order valence-corrected chi connectivity index (χ2v) is 8.27. The highest BCUT2D eigenvalue weighted by Gasteiger charge is 2.33. The molecule has 3 rings (SSSR count). The maximum atomic E-state index is 13.0. The maximum Gasteiger partial charge on any atom is 0.266 e. The highest BCUT2D eigenvalue weighted by atomic mass is 79.9. The molecule has 0 saturated carbocycles. The Labute approximate surface area is 181 Å². The third kappa shape index (κ3) is 4.97. The van der Waals surface area contributed by atoms with Crippen LogP contribution in [0.25, 0.3) is 6.08 Å². The summed E-state index contributed by atoms with van der Waals surface area (Å²) in [6, 6.07) is 12.7. The highest BCUT2D eigenvalue weighted by molar-refractivity contribution is 9.10. The largest absolute Gasteiger partial charge is 0.506 e. The van der Waals surface area contributed by atoms with Crippen LogP contribution in [0, 0.1) is 0 Å². The van der Waals surface area contributed by atoms with Crippen LogP contribution in [0.15, 0.2) is 56.8 Å². The number of amides is 1. The predicted octanol–water partition coefficient (Wildman–Crippen LogP) is 5.45. The molecule has 1 fully saturated rings. The number of nitrogens with zero attached hydrogens (tertiary/aromatic N) is 2. The fourth-order valence-corrected chi connectivity index (χ4v) is 4.46. The molecule has 0 atom stereocenters. The minimum Gasteiger partial charge on any atom is -0.506 e. The van der Waals surface area contributed by atoms with Gasteiger partial charge in [-0.25, -0.2) is 4.99 Å². The number of aromatic hydroxyl groups is 1. The fourth-order valence-electron chi connectivity index (χ4n) is 2.61. The first-order chi connectivity index (χ1) is 13.5. The monoisotopic (exact) mass is 480 g/mol. The quantitative estimate of drug-likeness (QED) is 0.440. The van der Waals surface area contributed by atoms with Crippen molar-refractivity contribution in [2.75, 3.05) is 20.3 Å². The van der Waals surface area contributed by atoms with Crippen molar-refractivity contribution < 1.29 is 14.6 Å². The average molecular weight is 482 g/mol. The lowest BCUT2D eigenvalue weighted by Crippen LogP contribution is -2.30. The van der Waals surface area contributed by atoms with Gasteiger partial charge in [0, 0.05) is 30.8 Å². The standard InChI is InChI=1S/C20H18BrClN2O3S/c1-27-9-5-8-24-19(26)17(11-13-10-14(22)12-16(21)18(13)25)28-20(24)23-15-6-3-2-4-7-15/h2-4,6-7,10-12,25H,5,8-9H2,1H3/b17-11-,23-20?. The number of rotatable bonds is 6. The molecular formula is C20H18BrClN2O3S. The Hall–Kier alpha value is -1.80. The molecule has 1 N–H and O–H groups in total. The molecule has 28 heavy (non-hydrogen) atoms. The van der Waals surface area contributed by atoms with Crippen molar-refractivity contribution in [1.29, 1.82) is 0 Å². The number of amidine groups is 1. The molecule has 1 heterocycles. The normalized spacial score (nSPS) is 17.1. The zero-order valence-electron chi connectivity index (χ0n) is 15.1. The number of para-hydroxylation sites is 1. The van der Waals surface area contributed by atoms with Crippen molar-refractivity contribution >= 4 is 62.1 Å². The van der Waals surface area contributed by atoms with Crippen LogP contribution in [-0.2, 0) is 9.53 Å². The Morgan fingerprint density at radius 3 is 2.79 bits per heavy atom. The Morgan fingerprint density at radius 1 is 1.32 bits per heavy atom. The first-order valence-electron chi connectivity index (χ1n) is 8.51. The van der Waals surface area contributed by atoms with E-state index >= 15 is 0 Å². The number of hydrogen-bond acceptors (Lipinski definition) is 5. The summed E-state index contributed by atoms with van der Waals surface area (Å²) in [4.78, 5) is 19.7. The Balaban J connectivity index is 1.96. The molecule has 0 radical (unpaired) electrons. The summed E-state index contributed by atoms with van der Waals surface area (Å²) in [5, 5.41) is 11.3. The zero-order valence-corrected chi connectivity index (χ0v) is 18.2. The summed E-state index contributed by atoms with van der Waals surface area (Å²) in [5.41, 5.74) is 1.23. The van der Waals surface area contributed by atoms with E-state index in [9.17, 15) is 9.90 Å². The number of carbonyl (C=O) groups is 1. The molecule has 0 bridgehead atoms. The van der Waals surface area contributed by atoms with Gasteiger partial charge in [-0.2, -0.15) is 0 Å². The lowest BCUT2D eigenvalue weighted by atomic mass is 10.2. The summed E-state index contributed by atoms with van der Waals surface area (Å²) in [6.07, 6.45) is 2.33. The Kier molecular flexibility index (Phi) is 7.18. The van der Waals surface area contributed by atoms with Crippen molar-refractivity contribution in [3.05, 3.63) is 62.4 Å². The van der Waals surface area contributed by atoms with Crippen LogP contribution in [0.2, 0.25) is 5.02 Å². The number of halogens is 2. The van der Waals surface area contributed by atoms with Crippen LogP contribution >= 0.6 is 39.3 Å². The second-order valence-electron chi connectivity index (χ2n) is 5.97. The van der Waals surface area contributed by atoms with E-state index in [1.54, 1.807) is 30.2 Å². The molecule has 5 nitrogen and oxygen atoms in total. The van der Waals surface area contributed by atoms with E-state index in [0.29, 0.717) is 44.7 Å². The molecule has 0 aromatic heterocycles. The van der Waals surface area contributed by atoms with Crippen molar-refractivity contribution in [3.63, 3.8) is 0 Å².